The van der Waals surface area contributed by atoms with Gasteiger partial charge in [0.2, 0.25) is 17.7 Å². The molecule has 1 aliphatic carbocycles. The second-order valence-corrected chi connectivity index (χ2v) is 9.24. The molecule has 0 aromatic carbocycles. The second kappa shape index (κ2) is 7.11. The van der Waals surface area contributed by atoms with Crippen LogP contribution in [0.4, 0.5) is 0 Å². The van der Waals surface area contributed by atoms with Crippen LogP contribution in [0.5, 0.6) is 0 Å². The van der Waals surface area contributed by atoms with Gasteiger partial charge in [0, 0.05) is 25.7 Å². The minimum atomic E-state index is -0.649. The highest BCUT2D eigenvalue weighted by molar-refractivity contribution is 5.94. The standard InChI is InChI=1S/C22H31N3O4/c1-2-23-11-12-24(13-17(23)26)20(27)18-16-9-10-22(29-16)14-25(21(28)19(18)22)15-7-5-3-4-6-8-15/h9-10,15-16,18-19H,2-8,11-14H2,1H3/t16-,18+,19-,22-/m0/s1. The number of likely N-dealkylation sites (N-methyl/N-ethyl adjacent to an activating group) is 1. The van der Waals surface area contributed by atoms with Crippen LogP contribution < -0.4 is 0 Å². The predicted octanol–water partition coefficient (Wildman–Crippen LogP) is 1.18. The second-order valence-electron chi connectivity index (χ2n) is 9.24. The van der Waals surface area contributed by atoms with E-state index in [-0.39, 0.29) is 36.4 Å². The van der Waals surface area contributed by atoms with Crippen LogP contribution in [0.15, 0.2) is 12.2 Å². The Labute approximate surface area is 172 Å². The normalized spacial score (nSPS) is 37.4. The molecule has 5 rings (SSSR count). The lowest BCUT2D eigenvalue weighted by molar-refractivity contribution is -0.150. The van der Waals surface area contributed by atoms with Crippen molar-refractivity contribution in [3.63, 3.8) is 0 Å². The zero-order chi connectivity index (χ0) is 20.2. The van der Waals surface area contributed by atoms with Gasteiger partial charge in [0.05, 0.1) is 31.0 Å². The van der Waals surface area contributed by atoms with E-state index in [0.717, 1.165) is 25.7 Å². The van der Waals surface area contributed by atoms with E-state index in [9.17, 15) is 14.4 Å². The third kappa shape index (κ3) is 2.92. The number of carbonyl (C=O) groups excluding carboxylic acids is 3. The van der Waals surface area contributed by atoms with Crippen molar-refractivity contribution in [3.8, 4) is 0 Å². The Morgan fingerprint density at radius 1 is 1.17 bits per heavy atom. The van der Waals surface area contributed by atoms with Gasteiger partial charge in [0.25, 0.3) is 0 Å². The molecular weight excluding hydrogens is 370 g/mol. The summed E-state index contributed by atoms with van der Waals surface area (Å²) in [5, 5.41) is 0. The van der Waals surface area contributed by atoms with Crippen LogP contribution in [-0.2, 0) is 19.1 Å². The summed E-state index contributed by atoms with van der Waals surface area (Å²) >= 11 is 0. The van der Waals surface area contributed by atoms with Crippen molar-refractivity contribution in [2.75, 3.05) is 32.7 Å². The summed E-state index contributed by atoms with van der Waals surface area (Å²) in [5.41, 5.74) is -0.649. The Bertz CT molecular complexity index is 744. The molecule has 0 radical (unpaired) electrons. The molecule has 0 N–H and O–H groups in total. The van der Waals surface area contributed by atoms with Crippen LogP contribution in [0.25, 0.3) is 0 Å². The number of piperazine rings is 1. The molecule has 0 unspecified atom stereocenters. The molecule has 3 amide bonds. The van der Waals surface area contributed by atoms with Gasteiger partial charge in [-0.05, 0) is 19.8 Å². The Morgan fingerprint density at radius 3 is 2.62 bits per heavy atom. The van der Waals surface area contributed by atoms with Crippen LogP contribution in [-0.4, -0.2) is 82.9 Å². The zero-order valence-corrected chi connectivity index (χ0v) is 17.2. The highest BCUT2D eigenvalue weighted by Crippen LogP contribution is 2.53. The van der Waals surface area contributed by atoms with Gasteiger partial charge in [0.15, 0.2) is 0 Å². The number of nitrogens with zero attached hydrogens (tertiary/aromatic N) is 3. The van der Waals surface area contributed by atoms with E-state index in [4.69, 9.17) is 4.74 Å². The highest BCUT2D eigenvalue weighted by atomic mass is 16.5. The lowest BCUT2D eigenvalue weighted by atomic mass is 9.76. The Morgan fingerprint density at radius 2 is 1.93 bits per heavy atom. The monoisotopic (exact) mass is 401 g/mol. The van der Waals surface area contributed by atoms with Gasteiger partial charge in [0.1, 0.15) is 5.60 Å². The number of hydrogen-bond acceptors (Lipinski definition) is 4. The van der Waals surface area contributed by atoms with E-state index in [1.807, 2.05) is 24.0 Å². The molecule has 7 heteroatoms. The summed E-state index contributed by atoms with van der Waals surface area (Å²) in [6, 6.07) is 0.270. The first-order chi connectivity index (χ1) is 14.0. The molecule has 29 heavy (non-hydrogen) atoms. The minimum absolute atomic E-state index is 0.0146. The summed E-state index contributed by atoms with van der Waals surface area (Å²) in [7, 11) is 0. The van der Waals surface area contributed by atoms with E-state index in [1.54, 1.807) is 9.80 Å². The maximum atomic E-state index is 13.5. The Hall–Kier alpha value is -1.89. The van der Waals surface area contributed by atoms with Gasteiger partial charge >= 0.3 is 0 Å². The fraction of sp³-hybridized carbons (Fsp3) is 0.773. The average Bonchev–Trinajstić information content (AvgIpc) is 3.27. The van der Waals surface area contributed by atoms with Crippen molar-refractivity contribution in [2.45, 2.75) is 63.2 Å². The first-order valence-electron chi connectivity index (χ1n) is 11.3. The molecule has 4 fully saturated rings. The Kier molecular flexibility index (Phi) is 4.68. The molecule has 3 saturated heterocycles. The molecule has 158 valence electrons. The van der Waals surface area contributed by atoms with Crippen LogP contribution in [0, 0.1) is 11.8 Å². The van der Waals surface area contributed by atoms with Crippen molar-refractivity contribution >= 4 is 17.7 Å². The fourth-order valence-electron chi connectivity index (χ4n) is 6.13. The molecule has 1 saturated carbocycles. The van der Waals surface area contributed by atoms with E-state index >= 15 is 0 Å². The third-order valence-electron chi connectivity index (χ3n) is 7.69. The SMILES string of the molecule is CCN1CCN(C(=O)[C@@H]2[C@@H]3C=C[C@@]4(CN(C5CCCCCC5)C(=O)[C@H]24)O3)CC1=O. The number of fused-ring (bicyclic) bond motifs is 1. The van der Waals surface area contributed by atoms with Crippen LogP contribution >= 0.6 is 0 Å². The fourth-order valence-corrected chi connectivity index (χ4v) is 6.13. The van der Waals surface area contributed by atoms with E-state index < -0.39 is 17.4 Å². The van der Waals surface area contributed by atoms with Crippen molar-refractivity contribution < 1.29 is 19.1 Å². The minimum Gasteiger partial charge on any atom is -0.360 e. The summed E-state index contributed by atoms with van der Waals surface area (Å²) < 4.78 is 6.28. The zero-order valence-electron chi connectivity index (χ0n) is 17.2. The number of hydrogen-bond donors (Lipinski definition) is 0. The maximum absolute atomic E-state index is 13.5. The number of rotatable bonds is 3. The van der Waals surface area contributed by atoms with Gasteiger partial charge in [-0.1, -0.05) is 37.8 Å². The number of carbonyl (C=O) groups is 3. The molecule has 4 atom stereocenters. The quantitative estimate of drug-likeness (QED) is 0.526. The van der Waals surface area contributed by atoms with E-state index in [2.05, 4.69) is 0 Å². The molecule has 0 aromatic heterocycles. The van der Waals surface area contributed by atoms with E-state index in [0.29, 0.717) is 26.2 Å². The van der Waals surface area contributed by atoms with Crippen molar-refractivity contribution in [2.24, 2.45) is 11.8 Å². The summed E-state index contributed by atoms with van der Waals surface area (Å²) in [5.74, 6) is -0.955. The molecule has 2 bridgehead atoms. The van der Waals surface area contributed by atoms with Gasteiger partial charge < -0.3 is 19.4 Å². The van der Waals surface area contributed by atoms with Crippen LogP contribution in [0.3, 0.4) is 0 Å². The Balaban J connectivity index is 1.36. The van der Waals surface area contributed by atoms with Gasteiger partial charge in [-0.3, -0.25) is 14.4 Å². The highest BCUT2D eigenvalue weighted by Gasteiger charge is 2.67. The lowest BCUT2D eigenvalue weighted by Crippen LogP contribution is -2.55. The van der Waals surface area contributed by atoms with Gasteiger partial charge in [-0.25, -0.2) is 0 Å². The molecule has 4 heterocycles. The maximum Gasteiger partial charge on any atom is 0.242 e. The van der Waals surface area contributed by atoms with Crippen molar-refractivity contribution in [1.29, 1.82) is 0 Å². The first-order valence-corrected chi connectivity index (χ1v) is 11.3. The summed E-state index contributed by atoms with van der Waals surface area (Å²) in [6.07, 6.45) is 10.6. The van der Waals surface area contributed by atoms with Gasteiger partial charge in [-0.15, -0.1) is 0 Å². The van der Waals surface area contributed by atoms with Crippen molar-refractivity contribution in [1.82, 2.24) is 14.7 Å². The lowest BCUT2D eigenvalue weighted by Gasteiger charge is -2.36. The van der Waals surface area contributed by atoms with Gasteiger partial charge in [-0.2, -0.15) is 0 Å². The molecule has 0 aromatic rings. The van der Waals surface area contributed by atoms with Crippen LogP contribution in [0.1, 0.15) is 45.4 Å². The van der Waals surface area contributed by atoms with Crippen molar-refractivity contribution in [3.05, 3.63) is 12.2 Å². The molecule has 5 aliphatic rings. The molecule has 7 nitrogen and oxygen atoms in total. The smallest absolute Gasteiger partial charge is 0.242 e. The molecule has 1 spiro atoms. The summed E-state index contributed by atoms with van der Waals surface area (Å²) in [6.45, 7) is 4.39. The molecular formula is C22H31N3O4. The topological polar surface area (TPSA) is 70.2 Å². The summed E-state index contributed by atoms with van der Waals surface area (Å²) in [4.78, 5) is 44.7. The van der Waals surface area contributed by atoms with E-state index in [1.165, 1.54) is 12.8 Å². The third-order valence-corrected chi connectivity index (χ3v) is 7.69. The average molecular weight is 402 g/mol. The number of amides is 3. The predicted molar refractivity (Wildman–Crippen MR) is 106 cm³/mol. The number of likely N-dealkylation sites (tertiary alicyclic amines) is 1. The number of ether oxygens (including phenoxy) is 1. The largest absolute Gasteiger partial charge is 0.360 e. The first kappa shape index (κ1) is 19.1. The molecule has 4 aliphatic heterocycles. The van der Waals surface area contributed by atoms with Crippen LogP contribution in [0.2, 0.25) is 0 Å².